The summed E-state index contributed by atoms with van der Waals surface area (Å²) in [5.41, 5.74) is 0.0930. The van der Waals surface area contributed by atoms with E-state index in [4.69, 9.17) is 0 Å². The minimum Gasteiger partial charge on any atom is -0.357 e. The zero-order chi connectivity index (χ0) is 24.5. The molecule has 0 fully saturated rings. The summed E-state index contributed by atoms with van der Waals surface area (Å²) in [7, 11) is 3.38. The fraction of sp³-hybridized carbons (Fsp3) is 0.522. The lowest BCUT2D eigenvalue weighted by Gasteiger charge is -2.25. The van der Waals surface area contributed by atoms with Crippen molar-refractivity contribution in [2.24, 2.45) is 5.41 Å². The fourth-order valence-corrected chi connectivity index (χ4v) is 4.02. The second-order valence-electron chi connectivity index (χ2n) is 9.62. The topological polar surface area (TPSA) is 79.3 Å². The Balaban J connectivity index is 2.07. The van der Waals surface area contributed by atoms with E-state index in [0.717, 1.165) is 12.6 Å². The number of nitrogens with zero attached hydrogens (tertiary/aromatic N) is 3. The molecule has 3 rings (SSSR count). The molecule has 0 saturated carbocycles. The largest absolute Gasteiger partial charge is 0.357 e. The molecule has 1 aliphatic heterocycles. The van der Waals surface area contributed by atoms with Crippen molar-refractivity contribution < 1.29 is 22.8 Å². The predicted octanol–water partition coefficient (Wildman–Crippen LogP) is 3.08. The lowest BCUT2D eigenvalue weighted by Crippen LogP contribution is -2.47. The molecule has 1 aromatic heterocycles. The highest BCUT2D eigenvalue weighted by atomic mass is 19.2. The Morgan fingerprint density at radius 3 is 2.42 bits per heavy atom. The highest BCUT2D eigenvalue weighted by Gasteiger charge is 2.31. The first kappa shape index (κ1) is 24.8. The van der Waals surface area contributed by atoms with Gasteiger partial charge in [-0.2, -0.15) is 0 Å². The van der Waals surface area contributed by atoms with Crippen LogP contribution in [0.3, 0.4) is 0 Å². The average Bonchev–Trinajstić information content (AvgIpc) is 2.94. The molecule has 1 aromatic carbocycles. The molecular weight excluding hydrogens is 435 g/mol. The van der Waals surface area contributed by atoms with Gasteiger partial charge in [-0.3, -0.25) is 9.59 Å². The number of imidazole rings is 1. The van der Waals surface area contributed by atoms with Gasteiger partial charge in [0.05, 0.1) is 11.3 Å². The van der Waals surface area contributed by atoms with Crippen LogP contribution in [0.2, 0.25) is 0 Å². The van der Waals surface area contributed by atoms with Crippen LogP contribution in [0, 0.1) is 22.9 Å². The number of rotatable bonds is 5. The zero-order valence-corrected chi connectivity index (χ0v) is 19.6. The normalized spacial score (nSPS) is 15.5. The summed E-state index contributed by atoms with van der Waals surface area (Å²) in [6.45, 7) is 7.37. The van der Waals surface area contributed by atoms with Gasteiger partial charge in [-0.05, 0) is 37.9 Å². The van der Waals surface area contributed by atoms with Crippen LogP contribution in [0.15, 0.2) is 12.1 Å². The predicted molar refractivity (Wildman–Crippen MR) is 118 cm³/mol. The number of carbonyl (C=O) groups is 2. The molecule has 1 aliphatic rings. The van der Waals surface area contributed by atoms with Crippen LogP contribution in [0.5, 0.6) is 0 Å². The smallest absolute Gasteiger partial charge is 0.272 e. The Morgan fingerprint density at radius 1 is 1.12 bits per heavy atom. The Bertz CT molecular complexity index is 1060. The molecule has 1 atom stereocenters. The second kappa shape index (κ2) is 9.54. The van der Waals surface area contributed by atoms with Crippen molar-refractivity contribution >= 4 is 11.8 Å². The summed E-state index contributed by atoms with van der Waals surface area (Å²) in [4.78, 5) is 32.1. The van der Waals surface area contributed by atoms with Crippen molar-refractivity contribution in [2.75, 3.05) is 20.6 Å². The molecular formula is C23H30F3N5O2. The van der Waals surface area contributed by atoms with Crippen LogP contribution in [-0.4, -0.2) is 52.9 Å². The maximum Gasteiger partial charge on any atom is 0.272 e. The number of nitrogens with one attached hydrogen (secondary N) is 2. The number of likely N-dealkylation sites (N-methyl/N-ethyl adjacent to an activating group) is 1. The summed E-state index contributed by atoms with van der Waals surface area (Å²) in [6, 6.07) is 0.426. The number of hydrogen-bond acceptors (Lipinski definition) is 4. The van der Waals surface area contributed by atoms with Gasteiger partial charge in [0.15, 0.2) is 17.3 Å². The molecule has 1 unspecified atom stereocenters. The summed E-state index contributed by atoms with van der Waals surface area (Å²) < 4.78 is 43.7. The van der Waals surface area contributed by atoms with E-state index in [1.807, 2.05) is 32.7 Å². The Morgan fingerprint density at radius 2 is 1.79 bits per heavy atom. The molecule has 7 nitrogen and oxygen atoms in total. The highest BCUT2D eigenvalue weighted by molar-refractivity contribution is 5.97. The quantitative estimate of drug-likeness (QED) is 0.666. The maximum atomic E-state index is 14.6. The number of fused-ring (bicyclic) bond motifs is 1. The van der Waals surface area contributed by atoms with Crippen molar-refractivity contribution in [1.82, 2.24) is 25.1 Å². The van der Waals surface area contributed by atoms with Crippen molar-refractivity contribution in [1.29, 1.82) is 0 Å². The van der Waals surface area contributed by atoms with Gasteiger partial charge >= 0.3 is 0 Å². The molecule has 0 saturated heterocycles. The number of carbonyl (C=O) groups excluding carboxylic acids is 2. The van der Waals surface area contributed by atoms with Gasteiger partial charge in [0.25, 0.3) is 5.91 Å². The van der Waals surface area contributed by atoms with Gasteiger partial charge in [-0.1, -0.05) is 20.8 Å². The molecule has 10 heteroatoms. The number of hydrogen-bond donors (Lipinski definition) is 2. The van der Waals surface area contributed by atoms with E-state index in [9.17, 15) is 22.8 Å². The Hall–Kier alpha value is -2.88. The molecule has 0 spiro atoms. The number of benzene rings is 1. The van der Waals surface area contributed by atoms with Crippen LogP contribution < -0.4 is 10.6 Å². The van der Waals surface area contributed by atoms with Gasteiger partial charge in [-0.25, -0.2) is 18.2 Å². The third kappa shape index (κ3) is 5.55. The molecule has 33 heavy (non-hydrogen) atoms. The molecule has 0 radical (unpaired) electrons. The molecule has 2 N–H and O–H groups in total. The first-order chi connectivity index (χ1) is 15.4. The first-order valence-electron chi connectivity index (χ1n) is 10.9. The van der Waals surface area contributed by atoms with E-state index < -0.39 is 29.4 Å². The molecule has 0 bridgehead atoms. The zero-order valence-electron chi connectivity index (χ0n) is 19.6. The maximum absolute atomic E-state index is 14.6. The minimum atomic E-state index is -1.30. The standard InChI is InChI=1S/C23H30F3N5O2/c1-23(2,3)11-17(21(32)27-4)28-22(33)19-18-12-30(5)7-6-8-31(18)20(29-19)13-9-15(25)16(26)10-14(13)24/h9-10,17H,6-8,11-12H2,1-5H3,(H,27,32)(H,28,33). The monoisotopic (exact) mass is 465 g/mol. The van der Waals surface area contributed by atoms with E-state index in [2.05, 4.69) is 15.6 Å². The van der Waals surface area contributed by atoms with Crippen LogP contribution in [-0.2, 0) is 17.9 Å². The van der Waals surface area contributed by atoms with Gasteiger partial charge in [0.1, 0.15) is 17.7 Å². The van der Waals surface area contributed by atoms with E-state index in [1.165, 1.54) is 7.05 Å². The van der Waals surface area contributed by atoms with Crippen molar-refractivity contribution in [3.63, 3.8) is 0 Å². The van der Waals surface area contributed by atoms with E-state index in [1.54, 1.807) is 4.57 Å². The third-order valence-electron chi connectivity index (χ3n) is 5.56. The van der Waals surface area contributed by atoms with Crippen LogP contribution in [0.4, 0.5) is 13.2 Å². The van der Waals surface area contributed by atoms with Crippen LogP contribution >= 0.6 is 0 Å². The molecule has 2 amide bonds. The fourth-order valence-electron chi connectivity index (χ4n) is 4.02. The number of halogens is 3. The number of aromatic nitrogens is 2. The number of amides is 2. The molecule has 0 aliphatic carbocycles. The Labute approximate surface area is 191 Å². The highest BCUT2D eigenvalue weighted by Crippen LogP contribution is 2.30. The lowest BCUT2D eigenvalue weighted by atomic mass is 9.87. The first-order valence-corrected chi connectivity index (χ1v) is 10.9. The van der Waals surface area contributed by atoms with Crippen LogP contribution in [0.25, 0.3) is 11.4 Å². The minimum absolute atomic E-state index is 0.0331. The lowest BCUT2D eigenvalue weighted by molar-refractivity contribution is -0.123. The van der Waals surface area contributed by atoms with Gasteiger partial charge in [0, 0.05) is 26.2 Å². The van der Waals surface area contributed by atoms with E-state index in [-0.39, 0.29) is 28.4 Å². The van der Waals surface area contributed by atoms with Gasteiger partial charge in [-0.15, -0.1) is 0 Å². The molecule has 2 aromatic rings. The average molecular weight is 466 g/mol. The van der Waals surface area contributed by atoms with Crippen molar-refractivity contribution in [3.05, 3.63) is 41.0 Å². The van der Waals surface area contributed by atoms with E-state index in [0.29, 0.717) is 37.7 Å². The second-order valence-corrected chi connectivity index (χ2v) is 9.62. The Kier molecular flexibility index (Phi) is 7.16. The molecule has 2 heterocycles. The SMILES string of the molecule is CNC(=O)C(CC(C)(C)C)NC(=O)c1nc(-c2cc(F)c(F)cc2F)n2c1CN(C)CCC2. The summed E-state index contributed by atoms with van der Waals surface area (Å²) >= 11 is 0. The van der Waals surface area contributed by atoms with Crippen molar-refractivity contribution in [3.8, 4) is 11.4 Å². The summed E-state index contributed by atoms with van der Waals surface area (Å²) in [5.74, 6) is -4.34. The van der Waals surface area contributed by atoms with Crippen LogP contribution in [0.1, 0.15) is 49.8 Å². The van der Waals surface area contributed by atoms with Crippen molar-refractivity contribution in [2.45, 2.75) is 52.7 Å². The van der Waals surface area contributed by atoms with E-state index >= 15 is 0 Å². The third-order valence-corrected chi connectivity index (χ3v) is 5.56. The summed E-state index contributed by atoms with van der Waals surface area (Å²) in [5, 5.41) is 5.31. The summed E-state index contributed by atoms with van der Waals surface area (Å²) in [6.07, 6.45) is 1.09. The molecule has 180 valence electrons. The van der Waals surface area contributed by atoms with Gasteiger partial charge < -0.3 is 20.1 Å². The van der Waals surface area contributed by atoms with Gasteiger partial charge in [0.2, 0.25) is 5.91 Å².